The van der Waals surface area contributed by atoms with Crippen LogP contribution >= 0.6 is 27.3 Å². The number of thiophene rings is 1. The third kappa shape index (κ3) is 3.83. The van der Waals surface area contributed by atoms with Crippen LogP contribution in [-0.4, -0.2) is 17.1 Å². The molecule has 110 valence electrons. The highest BCUT2D eigenvalue weighted by atomic mass is 79.9. The average Bonchev–Trinajstić information content (AvgIpc) is 2.87. The molecule has 2 aromatic rings. The number of carbonyl (C=O) groups is 2. The molecular formula is C14H13BrN2O3S. The first-order valence-corrected chi connectivity index (χ1v) is 7.79. The summed E-state index contributed by atoms with van der Waals surface area (Å²) in [5, 5.41) is 16.3. The molecule has 0 saturated carbocycles. The van der Waals surface area contributed by atoms with Crippen LogP contribution < -0.4 is 10.6 Å². The zero-order valence-corrected chi connectivity index (χ0v) is 13.5. The van der Waals surface area contributed by atoms with Gasteiger partial charge in [-0.2, -0.15) is 0 Å². The molecule has 0 bridgehead atoms. The zero-order valence-electron chi connectivity index (χ0n) is 11.1. The number of anilines is 1. The van der Waals surface area contributed by atoms with Crippen LogP contribution in [-0.2, 0) is 0 Å². The Morgan fingerprint density at radius 2 is 2.00 bits per heavy atom. The molecule has 1 aromatic heterocycles. The minimum atomic E-state index is -1.06. The summed E-state index contributed by atoms with van der Waals surface area (Å²) in [6.45, 7) is 1.85. The number of amides is 2. The molecule has 0 saturated heterocycles. The third-order valence-electron chi connectivity index (χ3n) is 2.84. The van der Waals surface area contributed by atoms with Crippen molar-refractivity contribution in [3.05, 3.63) is 51.3 Å². The minimum absolute atomic E-state index is 0.0868. The van der Waals surface area contributed by atoms with E-state index < -0.39 is 12.0 Å². The quantitative estimate of drug-likeness (QED) is 0.760. The smallest absolute Gasteiger partial charge is 0.338 e. The maximum absolute atomic E-state index is 12.0. The Hall–Kier alpha value is -1.86. The van der Waals surface area contributed by atoms with Gasteiger partial charge in [0.05, 0.1) is 11.6 Å². The molecule has 3 N–H and O–H groups in total. The Morgan fingerprint density at radius 3 is 2.67 bits per heavy atom. The number of aromatic carboxylic acids is 1. The molecule has 5 nitrogen and oxygen atoms in total. The molecule has 1 aromatic carbocycles. The maximum atomic E-state index is 12.0. The molecule has 0 spiro atoms. The normalized spacial score (nSPS) is 11.7. The van der Waals surface area contributed by atoms with Gasteiger partial charge in [-0.25, -0.2) is 9.59 Å². The molecule has 0 aliphatic carbocycles. The van der Waals surface area contributed by atoms with E-state index in [2.05, 4.69) is 26.6 Å². The maximum Gasteiger partial charge on any atom is 0.338 e. The topological polar surface area (TPSA) is 78.4 Å². The summed E-state index contributed by atoms with van der Waals surface area (Å²) >= 11 is 4.60. The van der Waals surface area contributed by atoms with Crippen LogP contribution in [0.3, 0.4) is 0 Å². The summed E-state index contributed by atoms with van der Waals surface area (Å²) in [4.78, 5) is 22.9. The summed E-state index contributed by atoms with van der Waals surface area (Å²) in [5.41, 5.74) is 1.03. The number of benzene rings is 1. The van der Waals surface area contributed by atoms with Gasteiger partial charge in [-0.05, 0) is 30.0 Å². The number of nitrogens with one attached hydrogen (secondary N) is 2. The number of urea groups is 1. The van der Waals surface area contributed by atoms with Crippen LogP contribution in [0.4, 0.5) is 9.80 Å². The van der Waals surface area contributed by atoms with Gasteiger partial charge < -0.3 is 10.4 Å². The molecule has 2 rings (SSSR count). The van der Waals surface area contributed by atoms with E-state index in [0.717, 1.165) is 10.0 Å². The lowest BCUT2D eigenvalue weighted by Crippen LogP contribution is -2.31. The monoisotopic (exact) mass is 368 g/mol. The molecule has 0 fully saturated rings. The fraction of sp³-hybridized carbons (Fsp3) is 0.143. The molecule has 0 aliphatic rings. The first-order valence-electron chi connectivity index (χ1n) is 6.11. The van der Waals surface area contributed by atoms with Crippen molar-refractivity contribution in [2.24, 2.45) is 0 Å². The van der Waals surface area contributed by atoms with Crippen molar-refractivity contribution in [3.63, 3.8) is 0 Å². The number of halogens is 1. The van der Waals surface area contributed by atoms with Gasteiger partial charge in [0.15, 0.2) is 0 Å². The predicted molar refractivity (Wildman–Crippen MR) is 86.0 cm³/mol. The molecule has 0 unspecified atom stereocenters. The number of carboxylic acids is 1. The second kappa shape index (κ2) is 6.73. The van der Waals surface area contributed by atoms with Gasteiger partial charge in [-0.15, -0.1) is 11.3 Å². The van der Waals surface area contributed by atoms with E-state index in [-0.39, 0.29) is 11.6 Å². The van der Waals surface area contributed by atoms with Crippen molar-refractivity contribution in [2.45, 2.75) is 13.0 Å². The van der Waals surface area contributed by atoms with Crippen LogP contribution in [0, 0.1) is 0 Å². The van der Waals surface area contributed by atoms with E-state index in [1.807, 2.05) is 31.2 Å². The van der Waals surface area contributed by atoms with E-state index >= 15 is 0 Å². The summed E-state index contributed by atoms with van der Waals surface area (Å²) in [6, 6.07) is 8.39. The molecule has 0 radical (unpaired) electrons. The van der Waals surface area contributed by atoms with Crippen LogP contribution in [0.1, 0.15) is 28.9 Å². The number of carbonyl (C=O) groups excluding carboxylic acids is 1. The number of rotatable bonds is 4. The van der Waals surface area contributed by atoms with Gasteiger partial charge in [0.1, 0.15) is 5.00 Å². The summed E-state index contributed by atoms with van der Waals surface area (Å²) in [5.74, 6) is -1.06. The van der Waals surface area contributed by atoms with E-state index in [4.69, 9.17) is 5.11 Å². The molecule has 21 heavy (non-hydrogen) atoms. The van der Waals surface area contributed by atoms with Crippen LogP contribution in [0.15, 0.2) is 40.2 Å². The zero-order chi connectivity index (χ0) is 15.4. The van der Waals surface area contributed by atoms with Crippen LogP contribution in [0.25, 0.3) is 0 Å². The van der Waals surface area contributed by atoms with Crippen molar-refractivity contribution >= 4 is 44.3 Å². The first kappa shape index (κ1) is 15.5. The summed E-state index contributed by atoms with van der Waals surface area (Å²) in [7, 11) is 0. The Labute approximate surface area is 134 Å². The predicted octanol–water partition coefficient (Wildman–Crippen LogP) is 4.09. The van der Waals surface area contributed by atoms with E-state index in [1.165, 1.54) is 17.4 Å². The van der Waals surface area contributed by atoms with Gasteiger partial charge in [-0.3, -0.25) is 5.32 Å². The van der Waals surface area contributed by atoms with Crippen molar-refractivity contribution in [1.29, 1.82) is 0 Å². The molecule has 1 atom stereocenters. The summed E-state index contributed by atoms with van der Waals surface area (Å²) < 4.78 is 0.903. The largest absolute Gasteiger partial charge is 0.478 e. The van der Waals surface area contributed by atoms with Crippen molar-refractivity contribution in [3.8, 4) is 0 Å². The molecule has 7 heteroatoms. The minimum Gasteiger partial charge on any atom is -0.478 e. The van der Waals surface area contributed by atoms with Crippen LogP contribution in [0.5, 0.6) is 0 Å². The number of carboxylic acid groups (broad SMARTS) is 1. The van der Waals surface area contributed by atoms with Gasteiger partial charge in [0, 0.05) is 4.47 Å². The summed E-state index contributed by atoms with van der Waals surface area (Å²) in [6.07, 6.45) is 0. The second-order valence-electron chi connectivity index (χ2n) is 4.31. The lowest BCUT2D eigenvalue weighted by molar-refractivity contribution is 0.0698. The SMILES string of the molecule is C[C@@H](NC(=O)Nc1sccc1C(=O)O)c1ccccc1Br. The van der Waals surface area contributed by atoms with E-state index in [0.29, 0.717) is 5.00 Å². The Balaban J connectivity index is 2.03. The van der Waals surface area contributed by atoms with Crippen LogP contribution in [0.2, 0.25) is 0 Å². The highest BCUT2D eigenvalue weighted by Gasteiger charge is 2.16. The molecule has 2 amide bonds. The Kier molecular flexibility index (Phi) is 4.98. The van der Waals surface area contributed by atoms with Gasteiger partial charge >= 0.3 is 12.0 Å². The Bertz CT molecular complexity index is 672. The van der Waals surface area contributed by atoms with Crippen molar-refractivity contribution < 1.29 is 14.7 Å². The Morgan fingerprint density at radius 1 is 1.29 bits per heavy atom. The molecule has 0 aliphatic heterocycles. The average molecular weight is 369 g/mol. The lowest BCUT2D eigenvalue weighted by Gasteiger charge is -2.16. The van der Waals surface area contributed by atoms with Gasteiger partial charge in [0.2, 0.25) is 0 Å². The second-order valence-corrected chi connectivity index (χ2v) is 6.08. The van der Waals surface area contributed by atoms with E-state index in [9.17, 15) is 9.59 Å². The number of hydrogen-bond donors (Lipinski definition) is 3. The highest BCUT2D eigenvalue weighted by Crippen LogP contribution is 2.25. The fourth-order valence-electron chi connectivity index (χ4n) is 1.81. The fourth-order valence-corrected chi connectivity index (χ4v) is 3.22. The lowest BCUT2D eigenvalue weighted by atomic mass is 10.1. The van der Waals surface area contributed by atoms with E-state index in [1.54, 1.807) is 5.38 Å². The molecule has 1 heterocycles. The van der Waals surface area contributed by atoms with Gasteiger partial charge in [0.25, 0.3) is 0 Å². The van der Waals surface area contributed by atoms with Crippen molar-refractivity contribution in [1.82, 2.24) is 5.32 Å². The third-order valence-corrected chi connectivity index (χ3v) is 4.39. The molecular weight excluding hydrogens is 356 g/mol. The number of hydrogen-bond acceptors (Lipinski definition) is 3. The van der Waals surface area contributed by atoms with Crippen molar-refractivity contribution in [2.75, 3.05) is 5.32 Å². The first-order chi connectivity index (χ1) is 9.99. The highest BCUT2D eigenvalue weighted by molar-refractivity contribution is 9.10. The standard InChI is InChI=1S/C14H13BrN2O3S/c1-8(9-4-2-3-5-11(9)15)16-14(20)17-12-10(13(18)19)6-7-21-12/h2-8H,1H3,(H,18,19)(H2,16,17,20)/t8-/m1/s1. The van der Waals surface area contributed by atoms with Gasteiger partial charge in [-0.1, -0.05) is 34.1 Å².